The Bertz CT molecular complexity index is 2530. The van der Waals surface area contributed by atoms with Gasteiger partial charge in [-0.05, 0) is 186 Å². The van der Waals surface area contributed by atoms with Crippen molar-refractivity contribution in [2.75, 3.05) is 4.90 Å². The second kappa shape index (κ2) is 11.1. The summed E-state index contributed by atoms with van der Waals surface area (Å²) in [4.78, 5) is 2.62. The standard InChI is InChI=1S/C54H49N/c1-33-7-6-8-38(23-33)37-14-17-42(18-15-37)55(43-19-21-47-45-9-2-4-11-49(45)53(51(47)30-43)32-34-13-16-39(53)25-34)44-20-22-48-46-10-3-5-12-50(46)54(52(48)31-44)40-26-35-24-36(28-40)29-41(54)27-35/h2-12,14-15,17-23,30-31,34-36,39-41H,13,16,24-29,32H2,1H3. The van der Waals surface area contributed by atoms with Crippen LogP contribution >= 0.6 is 0 Å². The average Bonchev–Trinajstić information content (AvgIpc) is 3.97. The van der Waals surface area contributed by atoms with Crippen LogP contribution in [-0.2, 0) is 10.8 Å². The van der Waals surface area contributed by atoms with Gasteiger partial charge in [-0.25, -0.2) is 0 Å². The Balaban J connectivity index is 1.01. The van der Waals surface area contributed by atoms with Gasteiger partial charge < -0.3 is 4.90 Å². The first-order valence-corrected chi connectivity index (χ1v) is 21.5. The van der Waals surface area contributed by atoms with Gasteiger partial charge in [-0.15, -0.1) is 0 Å². The van der Waals surface area contributed by atoms with Crippen molar-refractivity contribution < 1.29 is 0 Å². The summed E-state index contributed by atoms with van der Waals surface area (Å²) in [5.74, 6) is 4.97. The minimum atomic E-state index is 0.142. The third-order valence-electron chi connectivity index (χ3n) is 16.6. The van der Waals surface area contributed by atoms with Crippen molar-refractivity contribution in [1.82, 2.24) is 0 Å². The molecule has 0 amide bonds. The second-order valence-corrected chi connectivity index (χ2v) is 19.0. The van der Waals surface area contributed by atoms with Crippen LogP contribution in [0.25, 0.3) is 33.4 Å². The third kappa shape index (κ3) is 4.10. The van der Waals surface area contributed by atoms with E-state index >= 15 is 0 Å². The topological polar surface area (TPSA) is 3.24 Å². The van der Waals surface area contributed by atoms with Crippen LogP contribution in [0.1, 0.15) is 85.6 Å². The Morgan fingerprint density at radius 1 is 0.436 bits per heavy atom. The molecular formula is C54H49N. The van der Waals surface area contributed by atoms with Gasteiger partial charge in [0.05, 0.1) is 0 Å². The molecule has 6 bridgehead atoms. The summed E-state index contributed by atoms with van der Waals surface area (Å²) in [6.07, 6.45) is 12.6. The molecule has 8 aliphatic carbocycles. The Morgan fingerprint density at radius 2 is 1.04 bits per heavy atom. The van der Waals surface area contributed by atoms with Crippen LogP contribution in [0, 0.1) is 42.4 Å². The number of aryl methyl sites for hydroxylation is 1. The van der Waals surface area contributed by atoms with Gasteiger partial charge in [0.1, 0.15) is 0 Å². The smallest absolute Gasteiger partial charge is 0.0465 e. The molecule has 1 heteroatoms. The maximum Gasteiger partial charge on any atom is 0.0465 e. The molecule has 0 aromatic heterocycles. The van der Waals surface area contributed by atoms with Gasteiger partial charge in [0, 0.05) is 27.9 Å². The third-order valence-corrected chi connectivity index (χ3v) is 16.6. The van der Waals surface area contributed by atoms with Gasteiger partial charge >= 0.3 is 0 Å². The summed E-state index contributed by atoms with van der Waals surface area (Å²) >= 11 is 0. The largest absolute Gasteiger partial charge is 0.310 e. The number of benzene rings is 6. The Hall–Kier alpha value is -4.88. The van der Waals surface area contributed by atoms with Gasteiger partial charge in [-0.3, -0.25) is 0 Å². The lowest BCUT2D eigenvalue weighted by molar-refractivity contribution is -0.0399. The summed E-state index contributed by atoms with van der Waals surface area (Å²) in [7, 11) is 0. The lowest BCUT2D eigenvalue weighted by Crippen LogP contribution is -2.55. The molecule has 3 unspecified atom stereocenters. The lowest BCUT2D eigenvalue weighted by atomic mass is 9.43. The minimum Gasteiger partial charge on any atom is -0.310 e. The van der Waals surface area contributed by atoms with Gasteiger partial charge in [0.2, 0.25) is 0 Å². The highest BCUT2D eigenvalue weighted by Gasteiger charge is 2.62. The predicted octanol–water partition coefficient (Wildman–Crippen LogP) is 13.9. The van der Waals surface area contributed by atoms with Crippen molar-refractivity contribution in [3.8, 4) is 33.4 Å². The van der Waals surface area contributed by atoms with Crippen LogP contribution in [-0.4, -0.2) is 0 Å². The Labute approximate surface area is 326 Å². The zero-order valence-electron chi connectivity index (χ0n) is 32.0. The fourth-order valence-electron chi connectivity index (χ4n) is 14.9. The maximum absolute atomic E-state index is 2.68. The number of hydrogen-bond donors (Lipinski definition) is 0. The van der Waals surface area contributed by atoms with E-state index in [-0.39, 0.29) is 10.8 Å². The Morgan fingerprint density at radius 3 is 1.71 bits per heavy atom. The van der Waals surface area contributed by atoms with Crippen LogP contribution < -0.4 is 4.90 Å². The van der Waals surface area contributed by atoms with Gasteiger partial charge in [0.15, 0.2) is 0 Å². The van der Waals surface area contributed by atoms with E-state index in [9.17, 15) is 0 Å². The van der Waals surface area contributed by atoms with E-state index in [0.29, 0.717) is 0 Å². The highest BCUT2D eigenvalue weighted by atomic mass is 15.1. The van der Waals surface area contributed by atoms with E-state index in [0.717, 1.165) is 35.5 Å². The first-order chi connectivity index (χ1) is 27.1. The van der Waals surface area contributed by atoms with Crippen molar-refractivity contribution in [2.24, 2.45) is 35.5 Å². The van der Waals surface area contributed by atoms with Crippen LogP contribution in [0.5, 0.6) is 0 Å². The molecule has 0 saturated heterocycles. The molecule has 6 aromatic rings. The fourth-order valence-corrected chi connectivity index (χ4v) is 14.9. The van der Waals surface area contributed by atoms with Crippen LogP contribution in [0.2, 0.25) is 0 Å². The molecule has 14 rings (SSSR count). The number of rotatable bonds is 4. The van der Waals surface area contributed by atoms with Crippen LogP contribution in [0.15, 0.2) is 133 Å². The number of fused-ring (bicyclic) bond motifs is 11. The summed E-state index contributed by atoms with van der Waals surface area (Å²) in [5, 5.41) is 0. The molecule has 55 heavy (non-hydrogen) atoms. The van der Waals surface area contributed by atoms with Crippen molar-refractivity contribution in [3.63, 3.8) is 0 Å². The van der Waals surface area contributed by atoms with Crippen LogP contribution in [0.3, 0.4) is 0 Å². The second-order valence-electron chi connectivity index (χ2n) is 19.0. The normalized spacial score (nSPS) is 30.9. The van der Waals surface area contributed by atoms with E-state index in [2.05, 4.69) is 145 Å². The van der Waals surface area contributed by atoms with Crippen molar-refractivity contribution in [1.29, 1.82) is 0 Å². The molecule has 2 spiro atoms. The first-order valence-electron chi connectivity index (χ1n) is 21.5. The summed E-state index contributed by atoms with van der Waals surface area (Å²) < 4.78 is 0. The first kappa shape index (κ1) is 31.3. The molecule has 1 nitrogen and oxygen atoms in total. The summed E-state index contributed by atoms with van der Waals surface area (Å²) in [5.41, 5.74) is 20.4. The molecule has 6 aromatic carbocycles. The summed E-state index contributed by atoms with van der Waals surface area (Å²) in [6, 6.07) is 52.6. The number of nitrogens with zero attached hydrogens (tertiary/aromatic N) is 1. The molecular weight excluding hydrogens is 663 g/mol. The van der Waals surface area contributed by atoms with E-state index in [1.54, 1.807) is 22.3 Å². The molecule has 0 radical (unpaired) electrons. The number of anilines is 3. The van der Waals surface area contributed by atoms with Gasteiger partial charge in [0.25, 0.3) is 0 Å². The van der Waals surface area contributed by atoms with Gasteiger partial charge in [-0.2, -0.15) is 0 Å². The Kier molecular flexibility index (Phi) is 6.34. The molecule has 0 heterocycles. The van der Waals surface area contributed by atoms with Crippen LogP contribution in [0.4, 0.5) is 17.1 Å². The molecule has 0 aliphatic heterocycles. The predicted molar refractivity (Wildman–Crippen MR) is 226 cm³/mol. The zero-order valence-corrected chi connectivity index (χ0v) is 32.0. The maximum atomic E-state index is 2.68. The van der Waals surface area contributed by atoms with Crippen molar-refractivity contribution >= 4 is 17.1 Å². The lowest BCUT2D eigenvalue weighted by Gasteiger charge is -2.61. The summed E-state index contributed by atoms with van der Waals surface area (Å²) in [6.45, 7) is 2.19. The van der Waals surface area contributed by atoms with Crippen molar-refractivity contribution in [2.45, 2.75) is 75.5 Å². The molecule has 6 saturated carbocycles. The van der Waals surface area contributed by atoms with E-state index in [4.69, 9.17) is 0 Å². The molecule has 6 fully saturated rings. The monoisotopic (exact) mass is 711 g/mol. The molecule has 3 atom stereocenters. The quantitative estimate of drug-likeness (QED) is 0.176. The SMILES string of the molecule is Cc1cccc(-c2ccc(N(c3ccc4c(c3)C3(CC5CCC3C5)c3ccccc3-4)c3ccc4c(c3)C3(c5ccccc5-4)C4CC5CC(C4)CC3C5)cc2)c1. The van der Waals surface area contributed by atoms with E-state index in [1.807, 2.05) is 0 Å². The van der Waals surface area contributed by atoms with E-state index < -0.39 is 0 Å². The highest BCUT2D eigenvalue weighted by Crippen LogP contribution is 2.70. The van der Waals surface area contributed by atoms with E-state index in [1.165, 1.54) is 114 Å². The minimum absolute atomic E-state index is 0.142. The zero-order chi connectivity index (χ0) is 36.0. The molecule has 270 valence electrons. The highest BCUT2D eigenvalue weighted by molar-refractivity contribution is 5.89. The molecule has 0 N–H and O–H groups in total. The van der Waals surface area contributed by atoms with Gasteiger partial charge in [-0.1, -0.05) is 109 Å². The van der Waals surface area contributed by atoms with Crippen molar-refractivity contribution in [3.05, 3.63) is 161 Å². The molecule has 8 aliphatic rings. The number of hydrogen-bond acceptors (Lipinski definition) is 1. The average molecular weight is 712 g/mol. The fraction of sp³-hybridized carbons (Fsp3) is 0.333.